The van der Waals surface area contributed by atoms with Gasteiger partial charge in [-0.15, -0.1) is 0 Å². The van der Waals surface area contributed by atoms with Gasteiger partial charge >= 0.3 is 0 Å². The minimum atomic E-state index is -0.156. The molecule has 0 radical (unpaired) electrons. The Morgan fingerprint density at radius 1 is 1.16 bits per heavy atom. The lowest BCUT2D eigenvalue weighted by Crippen LogP contribution is -2.23. The molecule has 0 aliphatic rings. The third-order valence-electron chi connectivity index (χ3n) is 3.94. The van der Waals surface area contributed by atoms with E-state index in [4.69, 9.17) is 4.42 Å². The SMILES string of the molecule is O=C(/C=C/c1cc2ccccc2o1)NCCc1nc2ccccc2[nH]1. The standard InChI is InChI=1S/C20H17N3O2/c24-20(10-9-15-13-14-5-1-4-8-18(14)25-15)21-12-11-19-22-16-6-2-3-7-17(16)23-19/h1-10,13H,11-12H2,(H,21,24)(H,22,23)/b10-9+. The van der Waals surface area contributed by atoms with E-state index in [-0.39, 0.29) is 5.91 Å². The van der Waals surface area contributed by atoms with Gasteiger partial charge in [0.15, 0.2) is 0 Å². The van der Waals surface area contributed by atoms with E-state index in [1.807, 2.05) is 54.6 Å². The smallest absolute Gasteiger partial charge is 0.244 e. The van der Waals surface area contributed by atoms with Gasteiger partial charge in [0.2, 0.25) is 5.91 Å². The second kappa shape index (κ2) is 6.65. The summed E-state index contributed by atoms with van der Waals surface area (Å²) in [5.74, 6) is 1.37. The zero-order chi connectivity index (χ0) is 17.1. The van der Waals surface area contributed by atoms with E-state index in [0.717, 1.165) is 27.8 Å². The van der Waals surface area contributed by atoms with Gasteiger partial charge in [-0.1, -0.05) is 30.3 Å². The molecule has 5 heteroatoms. The lowest BCUT2D eigenvalue weighted by molar-refractivity contribution is -0.116. The minimum absolute atomic E-state index is 0.156. The number of para-hydroxylation sites is 3. The molecule has 0 fully saturated rings. The highest BCUT2D eigenvalue weighted by Gasteiger charge is 2.03. The molecule has 2 aromatic heterocycles. The maximum Gasteiger partial charge on any atom is 0.244 e. The Morgan fingerprint density at radius 2 is 2.00 bits per heavy atom. The fraction of sp³-hybridized carbons (Fsp3) is 0.100. The van der Waals surface area contributed by atoms with E-state index in [0.29, 0.717) is 18.7 Å². The van der Waals surface area contributed by atoms with Crippen molar-refractivity contribution in [2.24, 2.45) is 0 Å². The predicted molar refractivity (Wildman–Crippen MR) is 98.1 cm³/mol. The minimum Gasteiger partial charge on any atom is -0.457 e. The van der Waals surface area contributed by atoms with E-state index in [1.54, 1.807) is 6.08 Å². The summed E-state index contributed by atoms with van der Waals surface area (Å²) in [6.45, 7) is 0.517. The third kappa shape index (κ3) is 3.45. The molecular weight excluding hydrogens is 314 g/mol. The number of benzene rings is 2. The zero-order valence-corrected chi connectivity index (χ0v) is 13.5. The van der Waals surface area contributed by atoms with Crippen LogP contribution in [-0.4, -0.2) is 22.4 Å². The number of fused-ring (bicyclic) bond motifs is 2. The quantitative estimate of drug-likeness (QED) is 0.548. The molecule has 1 amide bonds. The average Bonchev–Trinajstić information content (AvgIpc) is 3.23. The largest absolute Gasteiger partial charge is 0.457 e. The van der Waals surface area contributed by atoms with Crippen molar-refractivity contribution in [3.05, 3.63) is 72.3 Å². The highest BCUT2D eigenvalue weighted by Crippen LogP contribution is 2.19. The monoisotopic (exact) mass is 331 g/mol. The molecule has 0 aliphatic heterocycles. The van der Waals surface area contributed by atoms with Crippen LogP contribution in [0.1, 0.15) is 11.6 Å². The molecule has 124 valence electrons. The van der Waals surface area contributed by atoms with Gasteiger partial charge in [0.25, 0.3) is 0 Å². The van der Waals surface area contributed by atoms with Crippen LogP contribution in [0.2, 0.25) is 0 Å². The van der Waals surface area contributed by atoms with Crippen molar-refractivity contribution in [2.45, 2.75) is 6.42 Å². The maximum absolute atomic E-state index is 11.9. The van der Waals surface area contributed by atoms with E-state index in [2.05, 4.69) is 15.3 Å². The number of furan rings is 1. The second-order valence-electron chi connectivity index (χ2n) is 5.76. The van der Waals surface area contributed by atoms with E-state index < -0.39 is 0 Å². The summed E-state index contributed by atoms with van der Waals surface area (Å²) in [6.07, 6.45) is 3.81. The van der Waals surface area contributed by atoms with Crippen molar-refractivity contribution in [2.75, 3.05) is 6.54 Å². The van der Waals surface area contributed by atoms with E-state index >= 15 is 0 Å². The first-order valence-electron chi connectivity index (χ1n) is 8.16. The van der Waals surface area contributed by atoms with Crippen LogP contribution in [0.5, 0.6) is 0 Å². The van der Waals surface area contributed by atoms with Crippen LogP contribution in [0.4, 0.5) is 0 Å². The Balaban J connectivity index is 1.32. The first kappa shape index (κ1) is 15.2. The van der Waals surface area contributed by atoms with Crippen LogP contribution in [0.15, 0.2) is 65.1 Å². The average molecular weight is 331 g/mol. The number of carbonyl (C=O) groups excluding carboxylic acids is 1. The Labute approximate surface area is 144 Å². The molecule has 4 aromatic rings. The van der Waals surface area contributed by atoms with Crippen molar-refractivity contribution in [1.29, 1.82) is 0 Å². The number of hydrogen-bond donors (Lipinski definition) is 2. The molecule has 0 atom stereocenters. The van der Waals surface area contributed by atoms with Crippen LogP contribution >= 0.6 is 0 Å². The number of amides is 1. The molecular formula is C20H17N3O2. The number of aromatic nitrogens is 2. The van der Waals surface area contributed by atoms with Crippen LogP contribution in [-0.2, 0) is 11.2 Å². The molecule has 0 saturated carbocycles. The molecule has 2 aromatic carbocycles. The molecule has 0 unspecified atom stereocenters. The second-order valence-corrected chi connectivity index (χ2v) is 5.76. The Bertz CT molecular complexity index is 993. The van der Waals surface area contributed by atoms with Crippen molar-refractivity contribution in [3.63, 3.8) is 0 Å². The topological polar surface area (TPSA) is 70.9 Å². The van der Waals surface area contributed by atoms with Crippen molar-refractivity contribution in [1.82, 2.24) is 15.3 Å². The summed E-state index contributed by atoms with van der Waals surface area (Å²) in [4.78, 5) is 19.7. The van der Waals surface area contributed by atoms with Crippen molar-refractivity contribution >= 4 is 34.0 Å². The molecule has 4 rings (SSSR count). The molecule has 2 heterocycles. The fourth-order valence-electron chi connectivity index (χ4n) is 2.73. The van der Waals surface area contributed by atoms with Gasteiger partial charge in [0, 0.05) is 24.4 Å². The maximum atomic E-state index is 11.9. The Morgan fingerprint density at radius 3 is 2.88 bits per heavy atom. The lowest BCUT2D eigenvalue weighted by Gasteiger charge is -1.99. The molecule has 25 heavy (non-hydrogen) atoms. The van der Waals surface area contributed by atoms with Gasteiger partial charge in [-0.2, -0.15) is 0 Å². The normalized spacial score (nSPS) is 11.5. The predicted octanol–water partition coefficient (Wildman–Crippen LogP) is 3.68. The molecule has 0 bridgehead atoms. The fourth-order valence-corrected chi connectivity index (χ4v) is 2.73. The number of imidazole rings is 1. The van der Waals surface area contributed by atoms with Gasteiger partial charge < -0.3 is 14.7 Å². The Kier molecular flexibility index (Phi) is 4.04. The molecule has 5 nitrogen and oxygen atoms in total. The summed E-state index contributed by atoms with van der Waals surface area (Å²) in [6, 6.07) is 17.5. The summed E-state index contributed by atoms with van der Waals surface area (Å²) in [5.41, 5.74) is 2.76. The van der Waals surface area contributed by atoms with Gasteiger partial charge in [-0.05, 0) is 30.3 Å². The summed E-state index contributed by atoms with van der Waals surface area (Å²) in [7, 11) is 0. The summed E-state index contributed by atoms with van der Waals surface area (Å²) < 4.78 is 5.64. The van der Waals surface area contributed by atoms with Gasteiger partial charge in [0.05, 0.1) is 11.0 Å². The Hall–Kier alpha value is -3.34. The highest BCUT2D eigenvalue weighted by atomic mass is 16.3. The first-order chi connectivity index (χ1) is 12.3. The summed E-state index contributed by atoms with van der Waals surface area (Å²) in [5, 5.41) is 3.87. The highest BCUT2D eigenvalue weighted by molar-refractivity contribution is 5.92. The van der Waals surface area contributed by atoms with E-state index in [1.165, 1.54) is 6.08 Å². The van der Waals surface area contributed by atoms with Gasteiger partial charge in [-0.3, -0.25) is 4.79 Å². The number of rotatable bonds is 5. The molecule has 0 saturated heterocycles. The number of hydrogen-bond acceptors (Lipinski definition) is 3. The van der Waals surface area contributed by atoms with Crippen molar-refractivity contribution < 1.29 is 9.21 Å². The number of carbonyl (C=O) groups is 1. The number of H-pyrrole nitrogens is 1. The van der Waals surface area contributed by atoms with Crippen LogP contribution in [0.3, 0.4) is 0 Å². The summed E-state index contributed by atoms with van der Waals surface area (Å²) >= 11 is 0. The van der Waals surface area contributed by atoms with E-state index in [9.17, 15) is 4.79 Å². The molecule has 0 spiro atoms. The van der Waals surface area contributed by atoms with Crippen molar-refractivity contribution in [3.8, 4) is 0 Å². The molecule has 0 aliphatic carbocycles. The first-order valence-corrected chi connectivity index (χ1v) is 8.16. The number of nitrogens with one attached hydrogen (secondary N) is 2. The van der Waals surface area contributed by atoms with Gasteiger partial charge in [0.1, 0.15) is 17.2 Å². The molecule has 2 N–H and O–H groups in total. The lowest BCUT2D eigenvalue weighted by atomic mass is 10.2. The van der Waals surface area contributed by atoms with Crippen LogP contribution in [0.25, 0.3) is 28.1 Å². The van der Waals surface area contributed by atoms with Crippen LogP contribution in [0, 0.1) is 0 Å². The third-order valence-corrected chi connectivity index (χ3v) is 3.94. The number of nitrogens with zero attached hydrogens (tertiary/aromatic N) is 1. The van der Waals surface area contributed by atoms with Gasteiger partial charge in [-0.25, -0.2) is 4.98 Å². The zero-order valence-electron chi connectivity index (χ0n) is 13.5. The number of aromatic amines is 1. The van der Waals surface area contributed by atoms with Crippen LogP contribution < -0.4 is 5.32 Å².